The number of hydrazine groups is 1. The summed E-state index contributed by atoms with van der Waals surface area (Å²) in [6, 6.07) is 11.1. The van der Waals surface area contributed by atoms with E-state index in [1.54, 1.807) is 37.6 Å². The van der Waals surface area contributed by atoms with Crippen molar-refractivity contribution in [2.45, 2.75) is 103 Å². The average Bonchev–Trinajstić information content (AvgIpc) is 3.89. The summed E-state index contributed by atoms with van der Waals surface area (Å²) >= 11 is 1.42. The molecular formula is C48H57N9O6S. The fourth-order valence-electron chi connectivity index (χ4n) is 10.4. The summed E-state index contributed by atoms with van der Waals surface area (Å²) in [6.45, 7) is 11.8. The first-order chi connectivity index (χ1) is 30.8. The molecule has 64 heavy (non-hydrogen) atoms. The summed E-state index contributed by atoms with van der Waals surface area (Å²) in [5.41, 5.74) is 10.3. The lowest BCUT2D eigenvalue weighted by Crippen LogP contribution is -2.63. The van der Waals surface area contributed by atoms with Gasteiger partial charge >= 0.3 is 12.0 Å². The predicted molar refractivity (Wildman–Crippen MR) is 243 cm³/mol. The lowest BCUT2D eigenvalue weighted by molar-refractivity contribution is -0.156. The largest absolute Gasteiger partial charge is 0.464 e. The van der Waals surface area contributed by atoms with Crippen LogP contribution in [0.4, 0.5) is 4.79 Å². The van der Waals surface area contributed by atoms with Crippen LogP contribution in [-0.4, -0.2) is 110 Å². The van der Waals surface area contributed by atoms with Crippen LogP contribution in [0.1, 0.15) is 93.8 Å². The monoisotopic (exact) mass is 887 g/mol. The second kappa shape index (κ2) is 17.3. The number of carbonyl (C=O) groups is 4. The van der Waals surface area contributed by atoms with Gasteiger partial charge in [-0.3, -0.25) is 29.4 Å². The Balaban J connectivity index is 1.09. The highest BCUT2D eigenvalue weighted by atomic mass is 32.1. The van der Waals surface area contributed by atoms with Crippen molar-refractivity contribution in [1.82, 2.24) is 45.1 Å². The Labute approximate surface area is 377 Å². The quantitative estimate of drug-likeness (QED) is 0.169. The number of cyclic esters (lactones) is 1. The molecule has 2 unspecified atom stereocenters. The molecule has 3 aliphatic heterocycles. The van der Waals surface area contributed by atoms with Crippen LogP contribution >= 0.6 is 11.3 Å². The van der Waals surface area contributed by atoms with E-state index in [0.29, 0.717) is 30.9 Å². The van der Waals surface area contributed by atoms with Crippen molar-refractivity contribution in [3.8, 4) is 22.5 Å². The van der Waals surface area contributed by atoms with E-state index in [2.05, 4.69) is 65.3 Å². The highest BCUT2D eigenvalue weighted by Gasteiger charge is 2.48. The lowest BCUT2D eigenvalue weighted by atomic mass is 9.67. The van der Waals surface area contributed by atoms with Gasteiger partial charge in [0.15, 0.2) is 0 Å². The molecule has 336 valence electrons. The number of likely N-dealkylation sites (N-methyl/N-ethyl adjacent to an activating group) is 1. The number of nitrogens with one attached hydrogen (secondary N) is 2. The summed E-state index contributed by atoms with van der Waals surface area (Å²) in [6.07, 6.45) is 6.75. The zero-order chi connectivity index (χ0) is 45.0. The molecule has 5 aromatic rings. The molecular weight excluding hydrogens is 831 g/mol. The van der Waals surface area contributed by atoms with E-state index >= 15 is 0 Å². The molecule has 7 heterocycles. The van der Waals surface area contributed by atoms with Crippen molar-refractivity contribution in [3.63, 3.8) is 0 Å². The van der Waals surface area contributed by atoms with E-state index in [9.17, 15) is 19.2 Å². The van der Waals surface area contributed by atoms with Gasteiger partial charge in [-0.25, -0.2) is 15.2 Å². The third-order valence-corrected chi connectivity index (χ3v) is 14.5. The van der Waals surface area contributed by atoms with Gasteiger partial charge in [0.1, 0.15) is 24.2 Å². The number of methoxy groups -OCH3 is 1. The number of esters is 1. The molecule has 9 rings (SSSR count). The van der Waals surface area contributed by atoms with Crippen molar-refractivity contribution < 1.29 is 28.7 Å². The van der Waals surface area contributed by atoms with Gasteiger partial charge in [0, 0.05) is 97.5 Å². The summed E-state index contributed by atoms with van der Waals surface area (Å²) in [7, 11) is 3.35. The zero-order valence-electron chi connectivity index (χ0n) is 37.5. The van der Waals surface area contributed by atoms with Crippen LogP contribution in [0, 0.1) is 11.3 Å². The Hall–Kier alpha value is -5.71. The van der Waals surface area contributed by atoms with E-state index in [0.717, 1.165) is 63.2 Å². The van der Waals surface area contributed by atoms with E-state index in [-0.39, 0.29) is 36.9 Å². The van der Waals surface area contributed by atoms with E-state index in [1.165, 1.54) is 21.2 Å². The van der Waals surface area contributed by atoms with Gasteiger partial charge in [0.2, 0.25) is 5.91 Å². The molecule has 1 aromatic carbocycles. The van der Waals surface area contributed by atoms with Crippen LogP contribution in [0.15, 0.2) is 66.4 Å². The molecule has 4 amide bonds. The highest BCUT2D eigenvalue weighted by Crippen LogP contribution is 2.57. The number of likely N-dealkylation sites (tertiary alicyclic amines) is 1. The number of rotatable bonds is 7. The van der Waals surface area contributed by atoms with Crippen LogP contribution in [0.5, 0.6) is 0 Å². The molecule has 2 saturated heterocycles. The summed E-state index contributed by atoms with van der Waals surface area (Å²) < 4.78 is 14.9. The molecule has 2 fully saturated rings. The van der Waals surface area contributed by atoms with Gasteiger partial charge in [-0.1, -0.05) is 39.8 Å². The van der Waals surface area contributed by atoms with Crippen molar-refractivity contribution in [3.05, 3.63) is 88.3 Å². The maximum atomic E-state index is 14.7. The van der Waals surface area contributed by atoms with Crippen LogP contribution in [0.2, 0.25) is 0 Å². The minimum Gasteiger partial charge on any atom is -0.464 e. The van der Waals surface area contributed by atoms with Gasteiger partial charge in [0.05, 0.1) is 34.7 Å². The minimum absolute atomic E-state index is 0.0833. The summed E-state index contributed by atoms with van der Waals surface area (Å²) in [4.78, 5) is 74.8. The molecule has 6 bridgehead atoms. The minimum atomic E-state index is -1.06. The molecule has 1 aliphatic carbocycles. The Morgan fingerprint density at radius 3 is 2.64 bits per heavy atom. The number of benzene rings is 1. The van der Waals surface area contributed by atoms with Crippen LogP contribution in [0.25, 0.3) is 33.4 Å². The van der Waals surface area contributed by atoms with E-state index < -0.39 is 47.4 Å². The van der Waals surface area contributed by atoms with Crippen LogP contribution < -0.4 is 10.7 Å². The Kier molecular flexibility index (Phi) is 11.8. The number of thiazole rings is 1. The number of fused-ring (bicyclic) bond motifs is 8. The fourth-order valence-corrected chi connectivity index (χ4v) is 11.2. The van der Waals surface area contributed by atoms with E-state index in [4.69, 9.17) is 19.4 Å². The first kappa shape index (κ1) is 43.5. The van der Waals surface area contributed by atoms with E-state index in [1.807, 2.05) is 37.4 Å². The number of ether oxygens (including phenoxy) is 2. The molecule has 2 N–H and O–H groups in total. The number of amides is 4. The van der Waals surface area contributed by atoms with Crippen molar-refractivity contribution in [2.75, 3.05) is 33.9 Å². The van der Waals surface area contributed by atoms with Crippen molar-refractivity contribution in [1.29, 1.82) is 0 Å². The second-order valence-electron chi connectivity index (χ2n) is 18.5. The molecule has 0 saturated carbocycles. The number of carbonyl (C=O) groups excluding carboxylic acids is 4. The number of nitrogens with zero attached hydrogens (tertiary/aromatic N) is 7. The van der Waals surface area contributed by atoms with Gasteiger partial charge in [-0.15, -0.1) is 11.3 Å². The maximum Gasteiger partial charge on any atom is 0.324 e. The normalized spacial score (nSPS) is 23.5. The zero-order valence-corrected chi connectivity index (χ0v) is 38.4. The summed E-state index contributed by atoms with van der Waals surface area (Å²) in [5.74, 6) is -1.86. The van der Waals surface area contributed by atoms with Gasteiger partial charge in [0.25, 0.3) is 5.91 Å². The fraction of sp³-hybridized carbons (Fsp3) is 0.479. The molecule has 4 aliphatic rings. The van der Waals surface area contributed by atoms with Crippen molar-refractivity contribution >= 4 is 46.1 Å². The Morgan fingerprint density at radius 2 is 1.92 bits per heavy atom. The average molecular weight is 888 g/mol. The Morgan fingerprint density at radius 1 is 1.11 bits per heavy atom. The third-order valence-electron chi connectivity index (χ3n) is 13.6. The highest BCUT2D eigenvalue weighted by molar-refractivity contribution is 7.10. The second-order valence-corrected chi connectivity index (χ2v) is 19.4. The first-order valence-electron chi connectivity index (χ1n) is 22.4. The molecule has 0 radical (unpaired) electrons. The van der Waals surface area contributed by atoms with Crippen LogP contribution in [-0.2, 0) is 36.8 Å². The van der Waals surface area contributed by atoms with Gasteiger partial charge < -0.3 is 29.2 Å². The molecule has 15 nitrogen and oxygen atoms in total. The molecule has 16 heteroatoms. The predicted octanol–water partition coefficient (Wildman–Crippen LogP) is 6.66. The maximum absolute atomic E-state index is 14.7. The number of hydrogen-bond donors (Lipinski definition) is 2. The van der Waals surface area contributed by atoms with Crippen LogP contribution in [0.3, 0.4) is 0 Å². The number of aryl methyl sites for hydroxylation is 1. The number of aromatic nitrogens is 4. The standard InChI is InChI=1S/C48H57N9O6S/c1-8-55-36-16-15-28-22-31(36)38-39(43(62-7)40-30(42(38)55)13-10-19-50-40)48(4,5)26-63-46(60)32-14-11-20-57(53-32)45(59)33(23-37-51-34(28)25-64-37)52-44(58)41(27(2)3)54(6)47(61)56-21-17-35(56)29-12-9-18-49-24-29/h9-10,12-13,15-16,18-19,22,24-25,27,32-33,35,39,41,43,53H,8,11,14,17,20-21,23,26H2,1-7H3,(H,52,58)/t32-,33?,35-,39?,41-,43-/m0/s1. The van der Waals surface area contributed by atoms with Gasteiger partial charge in [-0.05, 0) is 73.6 Å². The Bertz CT molecular complexity index is 2590. The number of urea groups is 1. The molecule has 0 spiro atoms. The number of hydrogen-bond acceptors (Lipinski definition) is 11. The first-order valence-corrected chi connectivity index (χ1v) is 23.3. The third kappa shape index (κ3) is 7.62. The summed E-state index contributed by atoms with van der Waals surface area (Å²) in [5, 5.41) is 8.19. The lowest BCUT2D eigenvalue weighted by Gasteiger charge is -2.44. The van der Waals surface area contributed by atoms with Crippen molar-refractivity contribution in [2.24, 2.45) is 11.3 Å². The number of pyridine rings is 2. The molecule has 4 aromatic heterocycles. The molecule has 6 atom stereocenters. The SMILES string of the molecule is CCn1c2c3c4cc(ccc41)-c1csc(n1)CC(NC(=O)[C@H](C(C)C)N(C)C(=O)N1CC[C@H]1c1cccnc1)C(=O)N1CCC[C@H](N1)C(=O)OCC(C)(C)C3[C@H](OC)c1ncccc1-2. The smallest absolute Gasteiger partial charge is 0.324 e. The van der Waals surface area contributed by atoms with Gasteiger partial charge in [-0.2, -0.15) is 0 Å². The topological polar surface area (TPSA) is 164 Å².